The predicted octanol–water partition coefficient (Wildman–Crippen LogP) is 3.80. The van der Waals surface area contributed by atoms with E-state index in [9.17, 15) is 0 Å². The van der Waals surface area contributed by atoms with Crippen LogP contribution >= 0.6 is 27.5 Å². The van der Waals surface area contributed by atoms with Crippen LogP contribution in [0.2, 0.25) is 5.02 Å². The van der Waals surface area contributed by atoms with Crippen molar-refractivity contribution in [1.82, 2.24) is 5.32 Å². The highest BCUT2D eigenvalue weighted by molar-refractivity contribution is 9.10. The number of benzene rings is 1. The summed E-state index contributed by atoms with van der Waals surface area (Å²) in [6, 6.07) is 6.93. The molecule has 1 heterocycles. The number of ether oxygens (including phenoxy) is 1. The minimum atomic E-state index is 0.222. The van der Waals surface area contributed by atoms with Gasteiger partial charge in [-0.3, -0.25) is 0 Å². The lowest BCUT2D eigenvalue weighted by Crippen LogP contribution is -2.37. The lowest BCUT2D eigenvalue weighted by molar-refractivity contribution is 0.149. The van der Waals surface area contributed by atoms with Crippen LogP contribution in [0, 0.1) is 5.41 Å². The van der Waals surface area contributed by atoms with Gasteiger partial charge in [-0.25, -0.2) is 0 Å². The summed E-state index contributed by atoms with van der Waals surface area (Å²) in [5.74, 6) is 0. The maximum atomic E-state index is 6.35. The first-order valence-electron chi connectivity index (χ1n) is 6.92. The van der Waals surface area contributed by atoms with Gasteiger partial charge < -0.3 is 10.1 Å². The van der Waals surface area contributed by atoms with Crippen LogP contribution < -0.4 is 5.32 Å². The highest BCUT2D eigenvalue weighted by Crippen LogP contribution is 2.36. The number of hydrogen-bond donors (Lipinski definition) is 1. The Hall–Kier alpha value is -0.0900. The van der Waals surface area contributed by atoms with E-state index in [4.69, 9.17) is 16.3 Å². The van der Waals surface area contributed by atoms with Gasteiger partial charge in [0.05, 0.1) is 6.61 Å². The van der Waals surface area contributed by atoms with E-state index in [0.29, 0.717) is 0 Å². The smallest absolute Gasteiger partial charge is 0.0538 e. The lowest BCUT2D eigenvalue weighted by Gasteiger charge is -2.28. The van der Waals surface area contributed by atoms with Crippen molar-refractivity contribution in [3.63, 3.8) is 0 Å². The van der Waals surface area contributed by atoms with Crippen LogP contribution in [-0.4, -0.2) is 25.8 Å². The van der Waals surface area contributed by atoms with Crippen molar-refractivity contribution < 1.29 is 4.74 Å². The summed E-state index contributed by atoms with van der Waals surface area (Å²) in [4.78, 5) is 0. The van der Waals surface area contributed by atoms with Crippen LogP contribution in [0.1, 0.15) is 24.8 Å². The Morgan fingerprint density at radius 1 is 1.42 bits per heavy atom. The van der Waals surface area contributed by atoms with E-state index < -0.39 is 0 Å². The van der Waals surface area contributed by atoms with Crippen molar-refractivity contribution in [3.8, 4) is 0 Å². The normalized spacial score (nSPS) is 26.8. The molecule has 0 aromatic heterocycles. The van der Waals surface area contributed by atoms with Gasteiger partial charge in [-0.1, -0.05) is 33.6 Å². The summed E-state index contributed by atoms with van der Waals surface area (Å²) in [7, 11) is 0. The highest BCUT2D eigenvalue weighted by Gasteiger charge is 2.37. The standard InChI is InChI=1S/C15H19BrClNO/c16-12-2-1-11(14(17)7-12)8-15(5-6-19-10-15)9-18-13-3-4-13/h1-2,7,13,18H,3-6,8-10H2. The Morgan fingerprint density at radius 3 is 2.89 bits per heavy atom. The first-order valence-corrected chi connectivity index (χ1v) is 8.09. The fourth-order valence-corrected chi connectivity index (χ4v) is 3.45. The molecule has 0 bridgehead atoms. The maximum absolute atomic E-state index is 6.35. The second-order valence-corrected chi connectivity index (χ2v) is 7.19. The molecule has 1 atom stereocenters. The summed E-state index contributed by atoms with van der Waals surface area (Å²) >= 11 is 9.81. The fourth-order valence-electron chi connectivity index (χ4n) is 2.71. The van der Waals surface area contributed by atoms with Crippen LogP contribution in [0.3, 0.4) is 0 Å². The first-order chi connectivity index (χ1) is 9.17. The van der Waals surface area contributed by atoms with Crippen LogP contribution in [0.4, 0.5) is 0 Å². The average Bonchev–Trinajstić information content (AvgIpc) is 3.11. The zero-order valence-electron chi connectivity index (χ0n) is 10.9. The second kappa shape index (κ2) is 5.72. The molecular weight excluding hydrogens is 326 g/mol. The van der Waals surface area contributed by atoms with Crippen LogP contribution in [0.15, 0.2) is 22.7 Å². The quantitative estimate of drug-likeness (QED) is 0.877. The van der Waals surface area contributed by atoms with E-state index in [0.717, 1.165) is 48.1 Å². The molecule has 0 amide bonds. The molecule has 1 aromatic rings. The molecule has 1 saturated heterocycles. The Bertz CT molecular complexity index is 455. The van der Waals surface area contributed by atoms with Gasteiger partial charge >= 0.3 is 0 Å². The van der Waals surface area contributed by atoms with Gasteiger partial charge in [0.2, 0.25) is 0 Å². The average molecular weight is 345 g/mol. The summed E-state index contributed by atoms with van der Waals surface area (Å²) < 4.78 is 6.69. The van der Waals surface area contributed by atoms with Gasteiger partial charge in [-0.05, 0) is 43.4 Å². The van der Waals surface area contributed by atoms with E-state index in [1.54, 1.807) is 0 Å². The Labute approximate surface area is 128 Å². The minimum Gasteiger partial charge on any atom is -0.381 e. The summed E-state index contributed by atoms with van der Waals surface area (Å²) in [5.41, 5.74) is 1.45. The summed E-state index contributed by atoms with van der Waals surface area (Å²) in [5, 5.41) is 4.51. The molecule has 1 saturated carbocycles. The van der Waals surface area contributed by atoms with E-state index in [1.165, 1.54) is 18.4 Å². The van der Waals surface area contributed by atoms with Crippen molar-refractivity contribution in [1.29, 1.82) is 0 Å². The van der Waals surface area contributed by atoms with Crippen molar-refractivity contribution in [3.05, 3.63) is 33.3 Å². The van der Waals surface area contributed by atoms with E-state index in [2.05, 4.69) is 33.4 Å². The molecule has 4 heteroatoms. The third kappa shape index (κ3) is 3.52. The molecule has 1 N–H and O–H groups in total. The summed E-state index contributed by atoms with van der Waals surface area (Å²) in [6.45, 7) is 2.77. The van der Waals surface area contributed by atoms with Crippen LogP contribution in [-0.2, 0) is 11.2 Å². The largest absolute Gasteiger partial charge is 0.381 e. The molecule has 19 heavy (non-hydrogen) atoms. The van der Waals surface area contributed by atoms with Crippen LogP contribution in [0.25, 0.3) is 0 Å². The van der Waals surface area contributed by atoms with E-state index in [1.807, 2.05) is 6.07 Å². The van der Waals surface area contributed by atoms with Gasteiger partial charge in [0.1, 0.15) is 0 Å². The number of hydrogen-bond acceptors (Lipinski definition) is 2. The minimum absolute atomic E-state index is 0.222. The number of halogens is 2. The molecule has 3 rings (SSSR count). The third-order valence-corrected chi connectivity index (χ3v) is 4.95. The highest BCUT2D eigenvalue weighted by atomic mass is 79.9. The Kier molecular flexibility index (Phi) is 4.18. The SMILES string of the molecule is Clc1cc(Br)ccc1CC1(CNC2CC2)CCOC1. The topological polar surface area (TPSA) is 21.3 Å². The second-order valence-electron chi connectivity index (χ2n) is 5.87. The molecule has 1 aliphatic heterocycles. The molecule has 1 aromatic carbocycles. The monoisotopic (exact) mass is 343 g/mol. The number of rotatable bonds is 5. The van der Waals surface area contributed by atoms with Gasteiger partial charge in [0.25, 0.3) is 0 Å². The fraction of sp³-hybridized carbons (Fsp3) is 0.600. The van der Waals surface area contributed by atoms with Crippen molar-refractivity contribution in [2.24, 2.45) is 5.41 Å². The molecule has 104 valence electrons. The van der Waals surface area contributed by atoms with Crippen molar-refractivity contribution in [2.45, 2.75) is 31.7 Å². The molecular formula is C15H19BrClNO. The molecule has 2 nitrogen and oxygen atoms in total. The maximum Gasteiger partial charge on any atom is 0.0538 e. The number of nitrogens with one attached hydrogen (secondary N) is 1. The van der Waals surface area contributed by atoms with Crippen LogP contribution in [0.5, 0.6) is 0 Å². The van der Waals surface area contributed by atoms with Gasteiger partial charge in [0, 0.05) is 34.1 Å². The van der Waals surface area contributed by atoms with Gasteiger partial charge in [-0.15, -0.1) is 0 Å². The Balaban J connectivity index is 1.72. The van der Waals surface area contributed by atoms with E-state index >= 15 is 0 Å². The molecule has 1 unspecified atom stereocenters. The molecule has 0 radical (unpaired) electrons. The molecule has 1 aliphatic carbocycles. The molecule has 2 aliphatic rings. The van der Waals surface area contributed by atoms with E-state index in [-0.39, 0.29) is 5.41 Å². The Morgan fingerprint density at radius 2 is 2.26 bits per heavy atom. The molecule has 0 spiro atoms. The molecule has 2 fully saturated rings. The zero-order chi connectivity index (χ0) is 13.3. The van der Waals surface area contributed by atoms with Crippen molar-refractivity contribution >= 4 is 27.5 Å². The first kappa shape index (κ1) is 13.9. The zero-order valence-corrected chi connectivity index (χ0v) is 13.3. The summed E-state index contributed by atoms with van der Waals surface area (Å²) in [6.07, 6.45) is 4.78. The predicted molar refractivity (Wildman–Crippen MR) is 81.7 cm³/mol. The lowest BCUT2D eigenvalue weighted by atomic mass is 9.81. The third-order valence-electron chi connectivity index (χ3n) is 4.11. The van der Waals surface area contributed by atoms with Gasteiger partial charge in [0.15, 0.2) is 0 Å². The van der Waals surface area contributed by atoms with Crippen molar-refractivity contribution in [2.75, 3.05) is 19.8 Å². The van der Waals surface area contributed by atoms with Gasteiger partial charge in [-0.2, -0.15) is 0 Å².